The van der Waals surface area contributed by atoms with E-state index in [4.69, 9.17) is 28.9 Å². The van der Waals surface area contributed by atoms with Crippen molar-refractivity contribution in [3.63, 3.8) is 0 Å². The number of nitrogens with one attached hydrogen (secondary N) is 1. The third-order valence-corrected chi connectivity index (χ3v) is 6.42. The van der Waals surface area contributed by atoms with Crippen LogP contribution in [0.3, 0.4) is 0 Å². The van der Waals surface area contributed by atoms with E-state index in [1.165, 1.54) is 23.1 Å². The highest BCUT2D eigenvalue weighted by Gasteiger charge is 2.35. The van der Waals surface area contributed by atoms with Gasteiger partial charge in [-0.25, -0.2) is 4.79 Å². The lowest BCUT2D eigenvalue weighted by Gasteiger charge is -2.30. The van der Waals surface area contributed by atoms with Gasteiger partial charge in [0.05, 0.1) is 11.3 Å². The summed E-state index contributed by atoms with van der Waals surface area (Å²) < 4.78 is 1.92. The Morgan fingerprint density at radius 1 is 1.09 bits per heavy atom. The summed E-state index contributed by atoms with van der Waals surface area (Å²) in [5.41, 5.74) is 4.37. The zero-order chi connectivity index (χ0) is 24.7. The molecule has 0 saturated carbocycles. The molecule has 2 N–H and O–H groups in total. The fourth-order valence-electron chi connectivity index (χ4n) is 3.95. The zero-order valence-electron chi connectivity index (χ0n) is 18.5. The number of nitrogens with zero attached hydrogens (tertiary/aromatic N) is 2. The van der Waals surface area contributed by atoms with Crippen molar-refractivity contribution in [3.05, 3.63) is 87.2 Å². The molecule has 0 bridgehead atoms. The number of hydrogen-bond acceptors (Lipinski definition) is 4. The Morgan fingerprint density at radius 2 is 1.76 bits per heavy atom. The van der Waals surface area contributed by atoms with E-state index in [1.54, 1.807) is 37.3 Å². The molecule has 3 aromatic rings. The topological polar surface area (TPSA) is 91.6 Å². The number of halogens is 1. The van der Waals surface area contributed by atoms with Crippen LogP contribution in [-0.2, 0) is 9.59 Å². The van der Waals surface area contributed by atoms with Crippen LogP contribution in [0.15, 0.2) is 54.1 Å². The van der Waals surface area contributed by atoms with E-state index < -0.39 is 17.8 Å². The number of benzene rings is 2. The average Bonchev–Trinajstić information content (AvgIpc) is 3.06. The lowest BCUT2D eigenvalue weighted by atomic mass is 10.1. The summed E-state index contributed by atoms with van der Waals surface area (Å²) in [6, 6.07) is 13.5. The largest absolute Gasteiger partial charge is 0.478 e. The van der Waals surface area contributed by atoms with Crippen molar-refractivity contribution >= 4 is 58.5 Å². The van der Waals surface area contributed by atoms with Gasteiger partial charge in [-0.15, -0.1) is 0 Å². The van der Waals surface area contributed by atoms with Gasteiger partial charge in [0.1, 0.15) is 5.57 Å². The van der Waals surface area contributed by atoms with Gasteiger partial charge in [-0.2, -0.15) is 0 Å². The summed E-state index contributed by atoms with van der Waals surface area (Å²) in [6.07, 6.45) is 1.54. The molecule has 9 heteroatoms. The fourth-order valence-corrected chi connectivity index (χ4v) is 4.40. The first-order valence-corrected chi connectivity index (χ1v) is 11.1. The lowest BCUT2D eigenvalue weighted by molar-refractivity contribution is -0.122. The molecule has 34 heavy (non-hydrogen) atoms. The second-order valence-electron chi connectivity index (χ2n) is 7.86. The molecule has 0 aliphatic carbocycles. The number of carboxylic acid groups (broad SMARTS) is 1. The number of aromatic nitrogens is 1. The number of amides is 2. The number of carbonyl (C=O) groups excluding carboxylic acids is 2. The van der Waals surface area contributed by atoms with E-state index in [0.29, 0.717) is 21.8 Å². The van der Waals surface area contributed by atoms with Gasteiger partial charge in [0, 0.05) is 22.1 Å². The van der Waals surface area contributed by atoms with Crippen molar-refractivity contribution in [2.75, 3.05) is 4.90 Å². The van der Waals surface area contributed by atoms with E-state index in [1.807, 2.05) is 24.5 Å². The number of carbonyl (C=O) groups is 3. The first kappa shape index (κ1) is 23.4. The predicted molar refractivity (Wildman–Crippen MR) is 135 cm³/mol. The number of rotatable bonds is 4. The van der Waals surface area contributed by atoms with Gasteiger partial charge in [-0.05, 0) is 92.7 Å². The molecule has 0 radical (unpaired) electrons. The van der Waals surface area contributed by atoms with Crippen molar-refractivity contribution in [2.24, 2.45) is 0 Å². The number of thiocarbonyl (C=S) groups is 1. The Kier molecular flexibility index (Phi) is 6.12. The Hall–Kier alpha value is -3.75. The molecule has 2 aromatic carbocycles. The monoisotopic (exact) mass is 493 g/mol. The Labute approximate surface area is 206 Å². The van der Waals surface area contributed by atoms with Gasteiger partial charge in [0.15, 0.2) is 5.11 Å². The Morgan fingerprint density at radius 3 is 2.41 bits per heavy atom. The van der Waals surface area contributed by atoms with Crippen LogP contribution in [-0.4, -0.2) is 32.6 Å². The quantitative estimate of drug-likeness (QED) is 0.315. The van der Waals surface area contributed by atoms with E-state index in [2.05, 4.69) is 5.32 Å². The summed E-state index contributed by atoms with van der Waals surface area (Å²) in [6.45, 7) is 5.52. The van der Waals surface area contributed by atoms with Crippen molar-refractivity contribution in [3.8, 4) is 5.69 Å². The molecular weight excluding hydrogens is 474 g/mol. The summed E-state index contributed by atoms with van der Waals surface area (Å²) in [5, 5.41) is 12.2. The summed E-state index contributed by atoms with van der Waals surface area (Å²) in [4.78, 5) is 38.5. The number of hydrogen-bond donors (Lipinski definition) is 2. The molecule has 2 amide bonds. The molecule has 7 nitrogen and oxygen atoms in total. The minimum absolute atomic E-state index is 0.0125. The van der Waals surface area contributed by atoms with Gasteiger partial charge < -0.3 is 9.67 Å². The molecule has 1 aromatic heterocycles. The Balaban J connectivity index is 1.76. The van der Waals surface area contributed by atoms with Crippen LogP contribution in [0.5, 0.6) is 0 Å². The second-order valence-corrected chi connectivity index (χ2v) is 8.65. The van der Waals surface area contributed by atoms with E-state index in [-0.39, 0.29) is 16.2 Å². The van der Waals surface area contributed by atoms with Crippen molar-refractivity contribution in [2.45, 2.75) is 20.8 Å². The number of aromatic carboxylic acids is 1. The van der Waals surface area contributed by atoms with E-state index in [0.717, 1.165) is 17.1 Å². The number of carboxylic acids is 1. The molecule has 0 spiro atoms. The maximum atomic E-state index is 13.4. The summed E-state index contributed by atoms with van der Waals surface area (Å²) >= 11 is 11.5. The standard InChI is InChI=1S/C25H20ClN3O4S/c1-13-11-17(15(3)28(13)18-9-7-16(8-10-18)24(32)33)12-19-22(30)27-25(34)29(23(19)31)21-6-4-5-20(26)14(21)2/h4-12H,1-3H3,(H,32,33)(H,27,30,34). The molecule has 172 valence electrons. The van der Waals surface area contributed by atoms with Crippen molar-refractivity contribution in [1.29, 1.82) is 0 Å². The summed E-state index contributed by atoms with van der Waals surface area (Å²) in [7, 11) is 0. The molecule has 2 heterocycles. The highest BCUT2D eigenvalue weighted by atomic mass is 35.5. The van der Waals surface area contributed by atoms with Gasteiger partial charge in [-0.3, -0.25) is 19.8 Å². The first-order chi connectivity index (χ1) is 16.1. The summed E-state index contributed by atoms with van der Waals surface area (Å²) in [5.74, 6) is -2.13. The molecular formula is C25H20ClN3O4S. The van der Waals surface area contributed by atoms with Crippen LogP contribution in [0.1, 0.15) is 32.9 Å². The first-order valence-electron chi connectivity index (χ1n) is 10.3. The van der Waals surface area contributed by atoms with Crippen LogP contribution >= 0.6 is 23.8 Å². The molecule has 1 aliphatic heterocycles. The molecule has 0 atom stereocenters. The van der Waals surface area contributed by atoms with Crippen LogP contribution in [0.2, 0.25) is 5.02 Å². The van der Waals surface area contributed by atoms with Gasteiger partial charge in [0.2, 0.25) is 0 Å². The van der Waals surface area contributed by atoms with Gasteiger partial charge in [-0.1, -0.05) is 17.7 Å². The number of anilines is 1. The number of aryl methyl sites for hydroxylation is 1. The average molecular weight is 494 g/mol. The zero-order valence-corrected chi connectivity index (χ0v) is 20.1. The lowest BCUT2D eigenvalue weighted by Crippen LogP contribution is -2.54. The molecule has 1 saturated heterocycles. The van der Waals surface area contributed by atoms with Crippen LogP contribution in [0.25, 0.3) is 11.8 Å². The molecule has 0 unspecified atom stereocenters. The maximum Gasteiger partial charge on any atom is 0.335 e. The minimum atomic E-state index is -1.00. The van der Waals surface area contributed by atoms with Crippen molar-refractivity contribution in [1.82, 2.24) is 9.88 Å². The maximum absolute atomic E-state index is 13.4. The molecule has 4 rings (SSSR count). The van der Waals surface area contributed by atoms with E-state index >= 15 is 0 Å². The fraction of sp³-hybridized carbons (Fsp3) is 0.120. The van der Waals surface area contributed by atoms with Crippen LogP contribution in [0, 0.1) is 20.8 Å². The van der Waals surface area contributed by atoms with Crippen molar-refractivity contribution < 1.29 is 19.5 Å². The smallest absolute Gasteiger partial charge is 0.335 e. The second kappa shape index (κ2) is 8.89. The third kappa shape index (κ3) is 4.02. The highest BCUT2D eigenvalue weighted by Crippen LogP contribution is 2.30. The Bertz CT molecular complexity index is 1410. The third-order valence-electron chi connectivity index (χ3n) is 5.72. The predicted octanol–water partition coefficient (Wildman–Crippen LogP) is 4.59. The van der Waals surface area contributed by atoms with Gasteiger partial charge >= 0.3 is 5.97 Å². The molecule has 1 fully saturated rings. The SMILES string of the molecule is Cc1c(Cl)cccc1N1C(=O)C(=Cc2cc(C)n(-c3ccc(C(=O)O)cc3)c2C)C(=O)NC1=S. The van der Waals surface area contributed by atoms with Crippen LogP contribution in [0.4, 0.5) is 5.69 Å². The van der Waals surface area contributed by atoms with Crippen LogP contribution < -0.4 is 10.2 Å². The van der Waals surface area contributed by atoms with E-state index in [9.17, 15) is 14.4 Å². The minimum Gasteiger partial charge on any atom is -0.478 e. The van der Waals surface area contributed by atoms with Gasteiger partial charge in [0.25, 0.3) is 11.8 Å². The normalized spacial score (nSPS) is 15.1. The highest BCUT2D eigenvalue weighted by molar-refractivity contribution is 7.80. The molecule has 1 aliphatic rings.